The highest BCUT2D eigenvalue weighted by molar-refractivity contribution is 6.01. The number of benzene rings is 1. The average molecular weight is 278 g/mol. The summed E-state index contributed by atoms with van der Waals surface area (Å²) < 4.78 is 4.72. The lowest BCUT2D eigenvalue weighted by atomic mass is 10.0. The molecule has 0 fully saturated rings. The van der Waals surface area contributed by atoms with Crippen molar-refractivity contribution < 1.29 is 14.3 Å². The SMILES string of the molecule is CCOC(=O)C(N)C(=O)NC(C)c1ccc(CC)cc1. The number of carbonyl (C=O) groups excluding carboxylic acids is 2. The summed E-state index contributed by atoms with van der Waals surface area (Å²) >= 11 is 0. The number of hydrogen-bond donors (Lipinski definition) is 2. The first kappa shape index (κ1) is 16.2. The number of nitrogens with one attached hydrogen (secondary N) is 1. The second-order valence-corrected chi connectivity index (χ2v) is 4.56. The van der Waals surface area contributed by atoms with Crippen molar-refractivity contribution in [1.29, 1.82) is 0 Å². The molecule has 0 radical (unpaired) electrons. The molecule has 2 atom stereocenters. The lowest BCUT2D eigenvalue weighted by Crippen LogP contribution is -2.47. The zero-order valence-electron chi connectivity index (χ0n) is 12.2. The number of hydrogen-bond acceptors (Lipinski definition) is 4. The van der Waals surface area contributed by atoms with Crippen LogP contribution in [0.5, 0.6) is 0 Å². The zero-order valence-corrected chi connectivity index (χ0v) is 12.2. The van der Waals surface area contributed by atoms with Crippen molar-refractivity contribution in [3.8, 4) is 0 Å². The third-order valence-electron chi connectivity index (χ3n) is 3.07. The highest BCUT2D eigenvalue weighted by Crippen LogP contribution is 2.13. The van der Waals surface area contributed by atoms with E-state index in [1.165, 1.54) is 5.56 Å². The highest BCUT2D eigenvalue weighted by Gasteiger charge is 2.24. The summed E-state index contributed by atoms with van der Waals surface area (Å²) in [7, 11) is 0. The monoisotopic (exact) mass is 278 g/mol. The summed E-state index contributed by atoms with van der Waals surface area (Å²) in [4.78, 5) is 23.2. The van der Waals surface area contributed by atoms with Crippen LogP contribution in [0, 0.1) is 0 Å². The van der Waals surface area contributed by atoms with E-state index in [2.05, 4.69) is 12.2 Å². The van der Waals surface area contributed by atoms with Crippen LogP contribution in [0.3, 0.4) is 0 Å². The van der Waals surface area contributed by atoms with Gasteiger partial charge in [-0.25, -0.2) is 4.79 Å². The van der Waals surface area contributed by atoms with Crippen LogP contribution in [0.2, 0.25) is 0 Å². The molecule has 0 spiro atoms. The fraction of sp³-hybridized carbons (Fsp3) is 0.467. The van der Waals surface area contributed by atoms with E-state index in [0.717, 1.165) is 12.0 Å². The van der Waals surface area contributed by atoms with Gasteiger partial charge in [-0.2, -0.15) is 0 Å². The van der Waals surface area contributed by atoms with Gasteiger partial charge in [0, 0.05) is 0 Å². The fourth-order valence-electron chi connectivity index (χ4n) is 1.77. The molecule has 0 aliphatic rings. The minimum Gasteiger partial charge on any atom is -0.464 e. The molecule has 0 aliphatic heterocycles. The molecular formula is C15H22N2O3. The van der Waals surface area contributed by atoms with Gasteiger partial charge in [-0.3, -0.25) is 4.79 Å². The molecule has 2 unspecified atom stereocenters. The van der Waals surface area contributed by atoms with Crippen LogP contribution >= 0.6 is 0 Å². The van der Waals surface area contributed by atoms with E-state index < -0.39 is 17.9 Å². The van der Waals surface area contributed by atoms with Crippen LogP contribution in [-0.4, -0.2) is 24.5 Å². The van der Waals surface area contributed by atoms with Crippen LogP contribution in [0.25, 0.3) is 0 Å². The topological polar surface area (TPSA) is 81.4 Å². The molecule has 1 rings (SSSR count). The molecule has 1 aromatic carbocycles. The van der Waals surface area contributed by atoms with Gasteiger partial charge >= 0.3 is 5.97 Å². The average Bonchev–Trinajstić information content (AvgIpc) is 2.46. The van der Waals surface area contributed by atoms with Gasteiger partial charge in [0.25, 0.3) is 0 Å². The van der Waals surface area contributed by atoms with Crippen LogP contribution in [0.1, 0.15) is 37.9 Å². The van der Waals surface area contributed by atoms with Crippen molar-refractivity contribution >= 4 is 11.9 Å². The maximum Gasteiger partial charge on any atom is 0.332 e. The Morgan fingerprint density at radius 3 is 2.35 bits per heavy atom. The van der Waals surface area contributed by atoms with Gasteiger partial charge in [0.05, 0.1) is 12.6 Å². The van der Waals surface area contributed by atoms with E-state index in [9.17, 15) is 9.59 Å². The van der Waals surface area contributed by atoms with Gasteiger partial charge < -0.3 is 15.8 Å². The summed E-state index contributed by atoms with van der Waals surface area (Å²) in [5.74, 6) is -1.24. The number of esters is 1. The standard InChI is InChI=1S/C15H22N2O3/c1-4-11-6-8-12(9-7-11)10(3)17-14(18)13(16)15(19)20-5-2/h6-10,13H,4-5,16H2,1-3H3,(H,17,18). The molecule has 0 saturated heterocycles. The number of carbonyl (C=O) groups is 2. The van der Waals surface area contributed by atoms with Crippen molar-refractivity contribution in [2.24, 2.45) is 5.73 Å². The Morgan fingerprint density at radius 1 is 1.25 bits per heavy atom. The second kappa shape index (κ2) is 7.65. The van der Waals surface area contributed by atoms with Gasteiger partial charge in [0.15, 0.2) is 6.04 Å². The number of rotatable bonds is 6. The molecule has 1 amide bonds. The molecule has 5 heteroatoms. The summed E-state index contributed by atoms with van der Waals surface area (Å²) in [5.41, 5.74) is 7.73. The fourth-order valence-corrected chi connectivity index (χ4v) is 1.77. The number of nitrogens with two attached hydrogens (primary N) is 1. The first-order valence-electron chi connectivity index (χ1n) is 6.81. The van der Waals surface area contributed by atoms with Crippen molar-refractivity contribution in [2.75, 3.05) is 6.61 Å². The second-order valence-electron chi connectivity index (χ2n) is 4.56. The van der Waals surface area contributed by atoms with Gasteiger partial charge in [-0.15, -0.1) is 0 Å². The maximum absolute atomic E-state index is 11.8. The molecule has 20 heavy (non-hydrogen) atoms. The Labute approximate surface area is 119 Å². The van der Waals surface area contributed by atoms with Crippen molar-refractivity contribution in [3.05, 3.63) is 35.4 Å². The van der Waals surface area contributed by atoms with Gasteiger partial charge in [0.1, 0.15) is 0 Å². The first-order chi connectivity index (χ1) is 9.49. The van der Waals surface area contributed by atoms with Crippen LogP contribution in [-0.2, 0) is 20.7 Å². The van der Waals surface area contributed by atoms with E-state index >= 15 is 0 Å². The van der Waals surface area contributed by atoms with Crippen molar-refractivity contribution in [1.82, 2.24) is 5.32 Å². The molecule has 0 saturated carbocycles. The van der Waals surface area contributed by atoms with Crippen molar-refractivity contribution in [3.63, 3.8) is 0 Å². The van der Waals surface area contributed by atoms with Crippen molar-refractivity contribution in [2.45, 2.75) is 39.3 Å². The number of aryl methyl sites for hydroxylation is 1. The molecule has 0 heterocycles. The summed E-state index contributed by atoms with van der Waals surface area (Å²) in [6.45, 7) is 5.80. The van der Waals surface area contributed by atoms with Gasteiger partial charge in [0.2, 0.25) is 5.91 Å². The van der Waals surface area contributed by atoms with Crippen LogP contribution in [0.4, 0.5) is 0 Å². The highest BCUT2D eigenvalue weighted by atomic mass is 16.5. The number of ether oxygens (including phenoxy) is 1. The normalized spacial score (nSPS) is 13.4. The smallest absolute Gasteiger partial charge is 0.332 e. The van der Waals surface area contributed by atoms with Crippen LogP contribution < -0.4 is 11.1 Å². The van der Waals surface area contributed by atoms with E-state index in [1.807, 2.05) is 31.2 Å². The first-order valence-corrected chi connectivity index (χ1v) is 6.81. The summed E-state index contributed by atoms with van der Waals surface area (Å²) in [6.07, 6.45) is 0.967. The Hall–Kier alpha value is -1.88. The molecular weight excluding hydrogens is 256 g/mol. The Morgan fingerprint density at radius 2 is 1.85 bits per heavy atom. The number of amides is 1. The lowest BCUT2D eigenvalue weighted by molar-refractivity contribution is -0.148. The lowest BCUT2D eigenvalue weighted by Gasteiger charge is -2.17. The Kier molecular flexibility index (Phi) is 6.18. The third-order valence-corrected chi connectivity index (χ3v) is 3.07. The Balaban J connectivity index is 2.62. The van der Waals surface area contributed by atoms with Gasteiger partial charge in [-0.05, 0) is 31.4 Å². The largest absolute Gasteiger partial charge is 0.464 e. The zero-order chi connectivity index (χ0) is 15.1. The quantitative estimate of drug-likeness (QED) is 0.607. The van der Waals surface area contributed by atoms with Gasteiger partial charge in [-0.1, -0.05) is 31.2 Å². The molecule has 0 bridgehead atoms. The molecule has 0 aromatic heterocycles. The Bertz CT molecular complexity index is 457. The maximum atomic E-state index is 11.8. The van der Waals surface area contributed by atoms with E-state index in [0.29, 0.717) is 0 Å². The molecule has 1 aromatic rings. The van der Waals surface area contributed by atoms with E-state index in [-0.39, 0.29) is 12.6 Å². The molecule has 5 nitrogen and oxygen atoms in total. The van der Waals surface area contributed by atoms with E-state index in [4.69, 9.17) is 10.5 Å². The predicted molar refractivity (Wildman–Crippen MR) is 77.0 cm³/mol. The molecule has 110 valence electrons. The molecule has 3 N–H and O–H groups in total. The van der Waals surface area contributed by atoms with Crippen LogP contribution in [0.15, 0.2) is 24.3 Å². The molecule has 0 aliphatic carbocycles. The minimum atomic E-state index is -1.28. The van der Waals surface area contributed by atoms with E-state index in [1.54, 1.807) is 6.92 Å². The minimum absolute atomic E-state index is 0.202. The predicted octanol–water partition coefficient (Wildman–Crippen LogP) is 1.32. The summed E-state index contributed by atoms with van der Waals surface area (Å²) in [6, 6.07) is 6.45. The summed E-state index contributed by atoms with van der Waals surface area (Å²) in [5, 5.41) is 2.71. The third kappa shape index (κ3) is 4.35.